The van der Waals surface area contributed by atoms with Crippen molar-refractivity contribution >= 4 is 23.6 Å². The average Bonchev–Trinajstić information content (AvgIpc) is 2.76. The number of hydrogen-bond donors (Lipinski definition) is 1. The summed E-state index contributed by atoms with van der Waals surface area (Å²) in [5.74, 6) is 1.07. The van der Waals surface area contributed by atoms with Crippen LogP contribution in [-0.4, -0.2) is 41.6 Å². The second-order valence-corrected chi connectivity index (χ2v) is 8.97. The van der Waals surface area contributed by atoms with Gasteiger partial charge in [-0.25, -0.2) is 0 Å². The molecule has 2 aromatic rings. The Balaban J connectivity index is 2.03. The largest absolute Gasteiger partial charge is 0.354 e. The maximum absolute atomic E-state index is 13.1. The molecule has 0 spiro atoms. The molecule has 0 saturated carbocycles. The molecule has 4 nitrogen and oxygen atoms in total. The molecule has 1 atom stereocenters. The molecule has 2 rings (SSSR count). The number of nitrogens with one attached hydrogen (secondary N) is 1. The first-order chi connectivity index (χ1) is 14.5. The van der Waals surface area contributed by atoms with Crippen LogP contribution in [0.25, 0.3) is 0 Å². The molecule has 30 heavy (non-hydrogen) atoms. The lowest BCUT2D eigenvalue weighted by Gasteiger charge is -2.31. The third-order valence-corrected chi connectivity index (χ3v) is 5.90. The van der Waals surface area contributed by atoms with Gasteiger partial charge in [0.15, 0.2) is 0 Å². The zero-order valence-electron chi connectivity index (χ0n) is 18.3. The molecule has 1 N–H and O–H groups in total. The highest BCUT2D eigenvalue weighted by Gasteiger charge is 2.27. The molecule has 0 unspecified atom stereocenters. The smallest absolute Gasteiger partial charge is 0.242 e. The molecule has 5 heteroatoms. The molecule has 0 aliphatic carbocycles. The van der Waals surface area contributed by atoms with E-state index in [0.717, 1.165) is 11.3 Å². The van der Waals surface area contributed by atoms with Crippen LogP contribution in [0.15, 0.2) is 65.6 Å². The molecule has 2 amide bonds. The lowest BCUT2D eigenvalue weighted by atomic mass is 10.1. The van der Waals surface area contributed by atoms with Crippen LogP contribution < -0.4 is 5.32 Å². The van der Waals surface area contributed by atoms with Crippen molar-refractivity contribution in [3.63, 3.8) is 0 Å². The van der Waals surface area contributed by atoms with Gasteiger partial charge < -0.3 is 10.2 Å². The van der Waals surface area contributed by atoms with E-state index in [1.165, 1.54) is 5.56 Å². The second kappa shape index (κ2) is 13.1. The van der Waals surface area contributed by atoms with Crippen molar-refractivity contribution in [2.45, 2.75) is 51.0 Å². The van der Waals surface area contributed by atoms with Crippen molar-refractivity contribution < 1.29 is 9.59 Å². The quantitative estimate of drug-likeness (QED) is 0.497. The standard InChI is InChI=1S/C25H34N2O2S/c1-4-23(25(29)26-19-20(2)3)27(17-15-21-11-7-5-8-12-21)24(28)16-18-30-22-13-9-6-10-14-22/h5-14,20,23H,4,15-19H2,1-3H3,(H,26,29)/t23-/m0/s1. The maximum atomic E-state index is 13.1. The first-order valence-corrected chi connectivity index (χ1v) is 11.8. The predicted octanol–water partition coefficient (Wildman–Crippen LogP) is 4.79. The fraction of sp³-hybridized carbons (Fsp3) is 0.440. The van der Waals surface area contributed by atoms with Crippen molar-refractivity contribution in [1.29, 1.82) is 0 Å². The molecule has 0 aliphatic heterocycles. The summed E-state index contributed by atoms with van der Waals surface area (Å²) in [5.41, 5.74) is 1.17. The van der Waals surface area contributed by atoms with E-state index in [1.54, 1.807) is 16.7 Å². The van der Waals surface area contributed by atoms with Crippen LogP contribution in [0.5, 0.6) is 0 Å². The minimum absolute atomic E-state index is 0.0425. The maximum Gasteiger partial charge on any atom is 0.242 e. The van der Waals surface area contributed by atoms with Crippen LogP contribution in [0, 0.1) is 5.92 Å². The van der Waals surface area contributed by atoms with Gasteiger partial charge in [0.2, 0.25) is 11.8 Å². The summed E-state index contributed by atoms with van der Waals surface area (Å²) in [6, 6.07) is 19.8. The lowest BCUT2D eigenvalue weighted by Crippen LogP contribution is -2.50. The molecule has 0 bridgehead atoms. The van der Waals surface area contributed by atoms with Crippen LogP contribution in [0.1, 0.15) is 39.2 Å². The predicted molar refractivity (Wildman–Crippen MR) is 126 cm³/mol. The van der Waals surface area contributed by atoms with E-state index in [0.29, 0.717) is 37.6 Å². The van der Waals surface area contributed by atoms with Crippen LogP contribution >= 0.6 is 11.8 Å². The topological polar surface area (TPSA) is 49.4 Å². The van der Waals surface area contributed by atoms with Gasteiger partial charge in [-0.05, 0) is 36.5 Å². The molecular weight excluding hydrogens is 392 g/mol. The van der Waals surface area contributed by atoms with Gasteiger partial charge in [0, 0.05) is 30.2 Å². The summed E-state index contributed by atoms with van der Waals surface area (Å²) >= 11 is 1.67. The van der Waals surface area contributed by atoms with Crippen molar-refractivity contribution in [2.75, 3.05) is 18.8 Å². The summed E-state index contributed by atoms with van der Waals surface area (Å²) in [5, 5.41) is 3.01. The highest BCUT2D eigenvalue weighted by Crippen LogP contribution is 2.19. The molecule has 2 aromatic carbocycles. The Labute approximate surface area is 185 Å². The van der Waals surface area contributed by atoms with E-state index < -0.39 is 6.04 Å². The monoisotopic (exact) mass is 426 g/mol. The van der Waals surface area contributed by atoms with E-state index >= 15 is 0 Å². The number of nitrogens with zero attached hydrogens (tertiary/aromatic N) is 1. The third kappa shape index (κ3) is 8.23. The lowest BCUT2D eigenvalue weighted by molar-refractivity contribution is -0.140. The Morgan fingerprint density at radius 1 is 1.00 bits per heavy atom. The van der Waals surface area contributed by atoms with Gasteiger partial charge in [0.05, 0.1) is 0 Å². The van der Waals surface area contributed by atoms with Gasteiger partial charge in [0.1, 0.15) is 6.04 Å². The number of thioether (sulfide) groups is 1. The van der Waals surface area contributed by atoms with Crippen LogP contribution in [0.2, 0.25) is 0 Å². The Bertz CT molecular complexity index is 765. The number of amides is 2. The minimum Gasteiger partial charge on any atom is -0.354 e. The Kier molecular flexibility index (Phi) is 10.5. The number of benzene rings is 2. The number of rotatable bonds is 12. The van der Waals surface area contributed by atoms with Gasteiger partial charge in [-0.2, -0.15) is 0 Å². The summed E-state index contributed by atoms with van der Waals surface area (Å²) in [6.07, 6.45) is 1.77. The summed E-state index contributed by atoms with van der Waals surface area (Å²) in [4.78, 5) is 28.9. The van der Waals surface area contributed by atoms with Crippen LogP contribution in [0.3, 0.4) is 0 Å². The molecule has 162 valence electrons. The van der Waals surface area contributed by atoms with Gasteiger partial charge in [0.25, 0.3) is 0 Å². The molecule has 0 fully saturated rings. The minimum atomic E-state index is -0.429. The van der Waals surface area contributed by atoms with Gasteiger partial charge in [-0.1, -0.05) is 69.3 Å². The van der Waals surface area contributed by atoms with E-state index in [4.69, 9.17) is 0 Å². The van der Waals surface area contributed by atoms with Gasteiger partial charge in [-0.15, -0.1) is 11.8 Å². The molecule has 0 aliphatic rings. The summed E-state index contributed by atoms with van der Waals surface area (Å²) < 4.78 is 0. The van der Waals surface area contributed by atoms with Crippen LogP contribution in [-0.2, 0) is 16.0 Å². The van der Waals surface area contributed by atoms with E-state index in [-0.39, 0.29) is 11.8 Å². The zero-order valence-corrected chi connectivity index (χ0v) is 19.2. The highest BCUT2D eigenvalue weighted by molar-refractivity contribution is 7.99. The number of carbonyl (C=O) groups excluding carboxylic acids is 2. The van der Waals surface area contributed by atoms with E-state index in [9.17, 15) is 9.59 Å². The van der Waals surface area contributed by atoms with Crippen molar-refractivity contribution in [3.05, 3.63) is 66.2 Å². The average molecular weight is 427 g/mol. The molecule has 0 aromatic heterocycles. The summed E-state index contributed by atoms with van der Waals surface area (Å²) in [6.45, 7) is 7.29. The third-order valence-electron chi connectivity index (χ3n) is 4.88. The first-order valence-electron chi connectivity index (χ1n) is 10.8. The molecule has 0 saturated heterocycles. The Hall–Kier alpha value is -2.27. The van der Waals surface area contributed by atoms with Crippen LogP contribution in [0.4, 0.5) is 0 Å². The zero-order chi connectivity index (χ0) is 21.8. The Morgan fingerprint density at radius 2 is 1.63 bits per heavy atom. The Morgan fingerprint density at radius 3 is 2.23 bits per heavy atom. The van der Waals surface area contributed by atoms with Gasteiger partial charge >= 0.3 is 0 Å². The first kappa shape index (κ1) is 24.0. The van der Waals surface area contributed by atoms with Gasteiger partial charge in [-0.3, -0.25) is 9.59 Å². The van der Waals surface area contributed by atoms with E-state index in [2.05, 4.69) is 43.4 Å². The second-order valence-electron chi connectivity index (χ2n) is 7.80. The fourth-order valence-corrected chi connectivity index (χ4v) is 4.10. The van der Waals surface area contributed by atoms with Crippen molar-refractivity contribution in [2.24, 2.45) is 5.92 Å². The molecule has 0 radical (unpaired) electrons. The van der Waals surface area contributed by atoms with Crippen molar-refractivity contribution in [1.82, 2.24) is 10.2 Å². The number of hydrogen-bond acceptors (Lipinski definition) is 3. The fourth-order valence-electron chi connectivity index (χ4n) is 3.23. The van der Waals surface area contributed by atoms with E-state index in [1.807, 2.05) is 43.3 Å². The normalized spacial score (nSPS) is 11.9. The molecular formula is C25H34N2O2S. The molecule has 0 heterocycles. The summed E-state index contributed by atoms with van der Waals surface area (Å²) in [7, 11) is 0. The SMILES string of the molecule is CC[C@@H](C(=O)NCC(C)C)N(CCc1ccccc1)C(=O)CCSc1ccccc1. The van der Waals surface area contributed by atoms with Crippen molar-refractivity contribution in [3.8, 4) is 0 Å². The number of carbonyl (C=O) groups is 2. The highest BCUT2D eigenvalue weighted by atomic mass is 32.2.